The predicted molar refractivity (Wildman–Crippen MR) is 75.0 cm³/mol. The van der Waals surface area contributed by atoms with Gasteiger partial charge in [-0.1, -0.05) is 6.92 Å². The van der Waals surface area contributed by atoms with Gasteiger partial charge in [-0.2, -0.15) is 26.3 Å². The van der Waals surface area contributed by atoms with Crippen LogP contribution < -0.4 is 0 Å². The number of nitrogens with zero attached hydrogens (tertiary/aromatic N) is 1. The van der Waals surface area contributed by atoms with Crippen molar-refractivity contribution in [2.24, 2.45) is 0 Å². The lowest BCUT2D eigenvalue weighted by Crippen LogP contribution is -2.62. The van der Waals surface area contributed by atoms with Crippen LogP contribution in [0.1, 0.15) is 20.8 Å². The Kier molecular flexibility index (Phi) is 8.99. The fourth-order valence-corrected chi connectivity index (χ4v) is 2.40. The van der Waals surface area contributed by atoms with E-state index in [0.717, 1.165) is 6.92 Å². The molecule has 1 N–H and O–H groups in total. The molecule has 0 aliphatic carbocycles. The van der Waals surface area contributed by atoms with Crippen LogP contribution in [0.2, 0.25) is 0 Å². The van der Waals surface area contributed by atoms with E-state index < -0.39 is 68.3 Å². The zero-order chi connectivity index (χ0) is 22.7. The minimum absolute atomic E-state index is 0.107. The van der Waals surface area contributed by atoms with Gasteiger partial charge in [-0.3, -0.25) is 4.90 Å². The second-order valence-corrected chi connectivity index (χ2v) is 5.97. The summed E-state index contributed by atoms with van der Waals surface area (Å²) >= 11 is 0. The van der Waals surface area contributed by atoms with Crippen LogP contribution in [0.3, 0.4) is 0 Å². The van der Waals surface area contributed by atoms with Gasteiger partial charge in [-0.25, -0.2) is 22.0 Å². The molecule has 0 heterocycles. The Morgan fingerprint density at radius 2 is 1.25 bits per heavy atom. The smallest absolute Gasteiger partial charge is 0.395 e. The Balaban J connectivity index is 5.70. The first-order valence-electron chi connectivity index (χ1n) is 7.88. The third-order valence-corrected chi connectivity index (χ3v) is 3.95. The van der Waals surface area contributed by atoms with E-state index in [9.17, 15) is 48.3 Å². The molecule has 0 aromatic rings. The minimum atomic E-state index is -6.04. The minimum Gasteiger partial charge on any atom is -0.395 e. The van der Waals surface area contributed by atoms with Gasteiger partial charge in [0.15, 0.2) is 6.04 Å². The molecule has 0 saturated carbocycles. The van der Waals surface area contributed by atoms with Crippen molar-refractivity contribution in [3.05, 3.63) is 0 Å². The summed E-state index contributed by atoms with van der Waals surface area (Å²) < 4.78 is 149. The average molecular weight is 443 g/mol. The summed E-state index contributed by atoms with van der Waals surface area (Å²) in [5, 5.41) is 8.74. The molecule has 0 amide bonds. The van der Waals surface area contributed by atoms with Gasteiger partial charge >= 0.3 is 18.3 Å². The normalized spacial score (nSPS) is 18.9. The molecule has 170 valence electrons. The van der Waals surface area contributed by atoms with E-state index >= 15 is 0 Å². The molecule has 28 heavy (non-hydrogen) atoms. The highest BCUT2D eigenvalue weighted by Gasteiger charge is 2.64. The van der Waals surface area contributed by atoms with Crippen LogP contribution in [-0.4, -0.2) is 78.3 Å². The highest BCUT2D eigenvalue weighted by atomic mass is 19.4. The summed E-state index contributed by atoms with van der Waals surface area (Å²) in [7, 11) is 0. The largest absolute Gasteiger partial charge is 0.425 e. The van der Waals surface area contributed by atoms with Gasteiger partial charge in [0.1, 0.15) is 12.2 Å². The summed E-state index contributed by atoms with van der Waals surface area (Å²) in [6.45, 7) is -0.967. The monoisotopic (exact) mass is 443 g/mol. The standard InChI is InChI=1S/C14H20F11NO2/c1-4-26(5-6-27)10(14(23,24)25)12(18,19)8(3)28-7(2)11(16,17)9(15)13(20,21)22/h7-10,27H,4-6H2,1-3H3. The first-order chi connectivity index (χ1) is 12.3. The molecular weight excluding hydrogens is 423 g/mol. The SMILES string of the molecule is CCN(CCO)C(C(F)(F)F)C(F)(F)C(C)OC(C)C(F)(F)C(F)C(F)(F)F. The fraction of sp³-hybridized carbons (Fsp3) is 1.00. The zero-order valence-corrected chi connectivity index (χ0v) is 14.9. The van der Waals surface area contributed by atoms with E-state index in [1.54, 1.807) is 0 Å². The fourth-order valence-electron chi connectivity index (χ4n) is 2.40. The van der Waals surface area contributed by atoms with E-state index in [2.05, 4.69) is 4.74 Å². The lowest BCUT2D eigenvalue weighted by molar-refractivity contribution is -0.303. The van der Waals surface area contributed by atoms with Crippen molar-refractivity contribution in [2.75, 3.05) is 19.7 Å². The quantitative estimate of drug-likeness (QED) is 0.514. The summed E-state index contributed by atoms with van der Waals surface area (Å²) in [5.41, 5.74) is 0. The van der Waals surface area contributed by atoms with Gasteiger partial charge in [-0.15, -0.1) is 0 Å². The lowest BCUT2D eigenvalue weighted by Gasteiger charge is -2.40. The van der Waals surface area contributed by atoms with E-state index in [1.807, 2.05) is 0 Å². The van der Waals surface area contributed by atoms with Crippen LogP contribution in [0.25, 0.3) is 0 Å². The van der Waals surface area contributed by atoms with Crippen LogP contribution in [0.15, 0.2) is 0 Å². The second kappa shape index (κ2) is 9.28. The molecule has 0 spiro atoms. The Hall–Kier alpha value is -0.890. The number of aliphatic hydroxyl groups excluding tert-OH is 1. The molecule has 0 rings (SSSR count). The zero-order valence-electron chi connectivity index (χ0n) is 14.9. The number of alkyl halides is 11. The highest BCUT2D eigenvalue weighted by Crippen LogP contribution is 2.42. The van der Waals surface area contributed by atoms with Gasteiger partial charge in [-0.05, 0) is 20.4 Å². The molecule has 0 saturated heterocycles. The number of rotatable bonds is 10. The Labute approximate surface area is 153 Å². The lowest BCUT2D eigenvalue weighted by atomic mass is 10.0. The van der Waals surface area contributed by atoms with Crippen LogP contribution in [0.4, 0.5) is 48.3 Å². The molecule has 0 aliphatic heterocycles. The maximum atomic E-state index is 14.4. The molecule has 4 unspecified atom stereocenters. The van der Waals surface area contributed by atoms with Crippen molar-refractivity contribution in [1.82, 2.24) is 4.90 Å². The summed E-state index contributed by atoms with van der Waals surface area (Å²) in [4.78, 5) is 0.107. The number of aliphatic hydroxyl groups is 1. The molecular formula is C14H20F11NO2. The number of halogens is 11. The van der Waals surface area contributed by atoms with Crippen molar-refractivity contribution in [3.8, 4) is 0 Å². The summed E-state index contributed by atoms with van der Waals surface area (Å²) in [5.74, 6) is -10.2. The highest BCUT2D eigenvalue weighted by molar-refractivity contribution is 4.96. The van der Waals surface area contributed by atoms with Gasteiger partial charge in [0.25, 0.3) is 12.1 Å². The van der Waals surface area contributed by atoms with E-state index in [4.69, 9.17) is 5.11 Å². The number of hydrogen-bond acceptors (Lipinski definition) is 3. The Morgan fingerprint density at radius 1 is 0.821 bits per heavy atom. The van der Waals surface area contributed by atoms with Crippen LogP contribution in [0.5, 0.6) is 0 Å². The molecule has 14 heteroatoms. The van der Waals surface area contributed by atoms with Crippen molar-refractivity contribution >= 4 is 0 Å². The van der Waals surface area contributed by atoms with Crippen molar-refractivity contribution in [2.45, 2.75) is 69.4 Å². The van der Waals surface area contributed by atoms with Gasteiger partial charge in [0.05, 0.1) is 6.61 Å². The maximum Gasteiger partial charge on any atom is 0.425 e. The summed E-state index contributed by atoms with van der Waals surface area (Å²) in [6, 6.07) is -3.59. The summed E-state index contributed by atoms with van der Waals surface area (Å²) in [6.07, 6.45) is -22.5. The predicted octanol–water partition coefficient (Wildman–Crippen LogP) is 4.20. The molecule has 0 aromatic carbocycles. The average Bonchev–Trinajstić information content (AvgIpc) is 2.50. The molecule has 0 aromatic heterocycles. The molecule has 0 bridgehead atoms. The van der Waals surface area contributed by atoms with Crippen LogP contribution >= 0.6 is 0 Å². The topological polar surface area (TPSA) is 32.7 Å². The van der Waals surface area contributed by atoms with Crippen molar-refractivity contribution in [3.63, 3.8) is 0 Å². The van der Waals surface area contributed by atoms with E-state index in [-0.39, 0.29) is 18.7 Å². The molecule has 4 atom stereocenters. The van der Waals surface area contributed by atoms with Crippen molar-refractivity contribution in [1.29, 1.82) is 0 Å². The van der Waals surface area contributed by atoms with E-state index in [1.165, 1.54) is 0 Å². The molecule has 0 fully saturated rings. The molecule has 0 aliphatic rings. The molecule has 3 nitrogen and oxygen atoms in total. The third-order valence-electron chi connectivity index (χ3n) is 3.95. The van der Waals surface area contributed by atoms with Gasteiger partial charge in [0.2, 0.25) is 0 Å². The van der Waals surface area contributed by atoms with Crippen LogP contribution in [0, 0.1) is 0 Å². The first kappa shape index (κ1) is 27.1. The number of likely N-dealkylation sites (N-methyl/N-ethyl adjacent to an activating group) is 1. The van der Waals surface area contributed by atoms with Gasteiger partial charge < -0.3 is 9.84 Å². The Bertz CT molecular complexity index is 481. The van der Waals surface area contributed by atoms with Crippen molar-refractivity contribution < 1.29 is 58.1 Å². The first-order valence-corrected chi connectivity index (χ1v) is 7.88. The number of ether oxygens (including phenoxy) is 1. The van der Waals surface area contributed by atoms with E-state index in [0.29, 0.717) is 0 Å². The van der Waals surface area contributed by atoms with Crippen LogP contribution in [-0.2, 0) is 4.74 Å². The molecule has 0 radical (unpaired) electrons. The third kappa shape index (κ3) is 6.31. The maximum absolute atomic E-state index is 14.4. The van der Waals surface area contributed by atoms with Gasteiger partial charge in [0, 0.05) is 6.54 Å². The Morgan fingerprint density at radius 3 is 1.57 bits per heavy atom. The second-order valence-electron chi connectivity index (χ2n) is 5.97. The number of hydrogen-bond donors (Lipinski definition) is 1.